The largest absolute Gasteiger partial charge is 0.452 e. The minimum absolute atomic E-state index is 0.0358. The monoisotopic (exact) mass is 449 g/mol. The lowest BCUT2D eigenvalue weighted by molar-refractivity contribution is -0.141. The van der Waals surface area contributed by atoms with Crippen molar-refractivity contribution in [2.24, 2.45) is 5.14 Å². The number of carbonyl (C=O) groups is 2. The maximum absolute atomic E-state index is 12.6. The van der Waals surface area contributed by atoms with Gasteiger partial charge >= 0.3 is 5.97 Å². The van der Waals surface area contributed by atoms with E-state index in [4.69, 9.17) is 14.6 Å². The minimum Gasteiger partial charge on any atom is -0.452 e. The van der Waals surface area contributed by atoms with Crippen molar-refractivity contribution in [3.05, 3.63) is 52.8 Å². The summed E-state index contributed by atoms with van der Waals surface area (Å²) in [5.41, 5.74) is 2.78. The number of primary sulfonamides is 1. The fraction of sp³-hybridized carbons (Fsp3) is 0.429. The van der Waals surface area contributed by atoms with Crippen LogP contribution in [0.15, 0.2) is 35.2 Å². The van der Waals surface area contributed by atoms with E-state index < -0.39 is 16.0 Å². The van der Waals surface area contributed by atoms with Crippen molar-refractivity contribution in [3.63, 3.8) is 0 Å². The molecule has 0 aliphatic carbocycles. The summed E-state index contributed by atoms with van der Waals surface area (Å²) in [5.74, 6) is -0.800. The normalized spacial score (nSPS) is 16.9. The molecule has 1 atom stereocenters. The molecule has 0 radical (unpaired) electrons. The predicted molar refractivity (Wildman–Crippen MR) is 113 cm³/mol. The van der Waals surface area contributed by atoms with Crippen LogP contribution in [0.25, 0.3) is 0 Å². The molecule has 1 aromatic carbocycles. The number of amides is 1. The van der Waals surface area contributed by atoms with Crippen molar-refractivity contribution in [1.82, 2.24) is 9.47 Å². The van der Waals surface area contributed by atoms with Gasteiger partial charge in [-0.1, -0.05) is 12.1 Å². The van der Waals surface area contributed by atoms with Gasteiger partial charge in [0, 0.05) is 31.0 Å². The lowest BCUT2D eigenvalue weighted by atomic mass is 10.2. The third-order valence-corrected chi connectivity index (χ3v) is 6.24. The number of ether oxygens (including phenoxy) is 2. The highest BCUT2D eigenvalue weighted by Gasteiger charge is 2.24. The molecule has 9 nitrogen and oxygen atoms in total. The summed E-state index contributed by atoms with van der Waals surface area (Å²) >= 11 is 0. The number of nitrogens with two attached hydrogens (primary N) is 1. The van der Waals surface area contributed by atoms with Gasteiger partial charge in [0.05, 0.1) is 23.2 Å². The number of morpholine rings is 1. The van der Waals surface area contributed by atoms with Gasteiger partial charge in [-0.15, -0.1) is 0 Å². The summed E-state index contributed by atoms with van der Waals surface area (Å²) in [6.07, 6.45) is -0.0358. The fourth-order valence-electron chi connectivity index (χ4n) is 3.56. The highest BCUT2D eigenvalue weighted by molar-refractivity contribution is 7.89. The predicted octanol–water partition coefficient (Wildman–Crippen LogP) is 1.20. The number of nitrogens with zero attached hydrogens (tertiary/aromatic N) is 2. The van der Waals surface area contributed by atoms with E-state index in [1.165, 1.54) is 12.1 Å². The van der Waals surface area contributed by atoms with E-state index in [0.717, 1.165) is 11.3 Å². The first kappa shape index (κ1) is 23.0. The quantitative estimate of drug-likeness (QED) is 0.662. The van der Waals surface area contributed by atoms with Gasteiger partial charge in [-0.3, -0.25) is 4.79 Å². The van der Waals surface area contributed by atoms with E-state index in [-0.39, 0.29) is 23.5 Å². The van der Waals surface area contributed by atoms with Gasteiger partial charge < -0.3 is 18.9 Å². The standard InChI is InChI=1S/C21H27N3O6S/c1-14-10-19(21(26)30-13-20(25)23-8-9-29-15(2)11-23)16(3)24(14)12-17-4-6-18(7-5-17)31(22,27)28/h4-7,10,15H,8-9,11-13H2,1-3H3,(H2,22,27,28). The molecule has 31 heavy (non-hydrogen) atoms. The van der Waals surface area contributed by atoms with Crippen molar-refractivity contribution < 1.29 is 27.5 Å². The van der Waals surface area contributed by atoms with Crippen LogP contribution in [0.4, 0.5) is 0 Å². The number of rotatable bonds is 6. The molecule has 2 N–H and O–H groups in total. The van der Waals surface area contributed by atoms with Crippen LogP contribution in [-0.2, 0) is 30.8 Å². The van der Waals surface area contributed by atoms with E-state index >= 15 is 0 Å². The molecule has 1 unspecified atom stereocenters. The molecular formula is C21H27N3O6S. The first-order valence-electron chi connectivity index (χ1n) is 9.91. The Labute approximate surface area is 181 Å². The summed E-state index contributed by atoms with van der Waals surface area (Å²) in [6, 6.07) is 7.98. The number of aryl methyl sites for hydroxylation is 1. The Morgan fingerprint density at radius 1 is 1.23 bits per heavy atom. The number of aromatic nitrogens is 1. The molecule has 1 saturated heterocycles. The number of esters is 1. The number of carbonyl (C=O) groups excluding carboxylic acids is 2. The first-order chi connectivity index (χ1) is 14.6. The summed E-state index contributed by atoms with van der Waals surface area (Å²) in [7, 11) is -3.75. The maximum Gasteiger partial charge on any atom is 0.340 e. The summed E-state index contributed by atoms with van der Waals surface area (Å²) in [6.45, 7) is 7.12. The van der Waals surface area contributed by atoms with E-state index in [1.807, 2.05) is 18.4 Å². The molecule has 2 aromatic rings. The second-order valence-corrected chi connectivity index (χ2v) is 9.22. The lowest BCUT2D eigenvalue weighted by Gasteiger charge is -2.30. The molecule has 0 spiro atoms. The first-order valence-corrected chi connectivity index (χ1v) is 11.5. The smallest absolute Gasteiger partial charge is 0.340 e. The highest BCUT2D eigenvalue weighted by atomic mass is 32.2. The average Bonchev–Trinajstić information content (AvgIpc) is 3.00. The Balaban J connectivity index is 1.66. The van der Waals surface area contributed by atoms with Crippen molar-refractivity contribution >= 4 is 21.9 Å². The Bertz CT molecular complexity index is 1080. The Kier molecular flexibility index (Phi) is 6.83. The Morgan fingerprint density at radius 3 is 2.52 bits per heavy atom. The molecule has 0 saturated carbocycles. The molecule has 1 aromatic heterocycles. The highest BCUT2D eigenvalue weighted by Crippen LogP contribution is 2.19. The molecule has 10 heteroatoms. The van der Waals surface area contributed by atoms with Crippen molar-refractivity contribution in [2.45, 2.75) is 38.3 Å². The van der Waals surface area contributed by atoms with Crippen LogP contribution in [0.3, 0.4) is 0 Å². The van der Waals surface area contributed by atoms with Gasteiger partial charge in [0.25, 0.3) is 5.91 Å². The number of hydrogen-bond donors (Lipinski definition) is 1. The Hall–Kier alpha value is -2.69. The van der Waals surface area contributed by atoms with Gasteiger partial charge in [-0.25, -0.2) is 18.4 Å². The van der Waals surface area contributed by atoms with E-state index in [1.54, 1.807) is 30.0 Å². The molecule has 2 heterocycles. The fourth-order valence-corrected chi connectivity index (χ4v) is 4.07. The Morgan fingerprint density at radius 2 is 1.90 bits per heavy atom. The maximum atomic E-state index is 12.6. The molecule has 1 aliphatic heterocycles. The molecular weight excluding hydrogens is 422 g/mol. The number of hydrogen-bond acceptors (Lipinski definition) is 6. The van der Waals surface area contributed by atoms with Crippen LogP contribution in [0.2, 0.25) is 0 Å². The van der Waals surface area contributed by atoms with E-state index in [0.29, 0.717) is 37.5 Å². The second-order valence-electron chi connectivity index (χ2n) is 7.66. The number of sulfonamides is 1. The van der Waals surface area contributed by atoms with Crippen LogP contribution in [0.5, 0.6) is 0 Å². The third kappa shape index (κ3) is 5.52. The van der Waals surface area contributed by atoms with Crippen LogP contribution in [0, 0.1) is 13.8 Å². The van der Waals surface area contributed by atoms with Gasteiger partial charge in [0.2, 0.25) is 10.0 Å². The topological polar surface area (TPSA) is 121 Å². The zero-order valence-electron chi connectivity index (χ0n) is 17.8. The lowest BCUT2D eigenvalue weighted by Crippen LogP contribution is -2.46. The second kappa shape index (κ2) is 9.21. The van der Waals surface area contributed by atoms with Crippen LogP contribution in [-0.4, -0.2) is 62.2 Å². The average molecular weight is 450 g/mol. The third-order valence-electron chi connectivity index (χ3n) is 5.31. The van der Waals surface area contributed by atoms with Gasteiger partial charge in [-0.05, 0) is 44.5 Å². The van der Waals surface area contributed by atoms with Crippen molar-refractivity contribution in [2.75, 3.05) is 26.3 Å². The molecule has 1 fully saturated rings. The van der Waals surface area contributed by atoms with Gasteiger partial charge in [-0.2, -0.15) is 0 Å². The van der Waals surface area contributed by atoms with Crippen LogP contribution >= 0.6 is 0 Å². The van der Waals surface area contributed by atoms with Crippen molar-refractivity contribution in [1.29, 1.82) is 0 Å². The minimum atomic E-state index is -3.75. The number of benzene rings is 1. The summed E-state index contributed by atoms with van der Waals surface area (Å²) in [4.78, 5) is 26.6. The molecule has 3 rings (SSSR count). The molecule has 1 amide bonds. The van der Waals surface area contributed by atoms with Crippen LogP contribution in [0.1, 0.15) is 34.2 Å². The van der Waals surface area contributed by atoms with E-state index in [2.05, 4.69) is 0 Å². The van der Waals surface area contributed by atoms with E-state index in [9.17, 15) is 18.0 Å². The summed E-state index contributed by atoms with van der Waals surface area (Å²) in [5, 5.41) is 5.13. The van der Waals surface area contributed by atoms with Gasteiger partial charge in [0.15, 0.2) is 6.61 Å². The zero-order chi connectivity index (χ0) is 22.8. The zero-order valence-corrected chi connectivity index (χ0v) is 18.6. The van der Waals surface area contributed by atoms with Crippen molar-refractivity contribution in [3.8, 4) is 0 Å². The van der Waals surface area contributed by atoms with Gasteiger partial charge in [0.1, 0.15) is 0 Å². The molecule has 1 aliphatic rings. The summed E-state index contributed by atoms with van der Waals surface area (Å²) < 4.78 is 35.4. The van der Waals surface area contributed by atoms with Crippen LogP contribution < -0.4 is 5.14 Å². The molecule has 168 valence electrons. The SMILES string of the molecule is Cc1cc(C(=O)OCC(=O)N2CCOC(C)C2)c(C)n1Cc1ccc(S(N)(=O)=O)cc1. The molecule has 0 bridgehead atoms.